The fourth-order valence-electron chi connectivity index (χ4n) is 2.39. The Balaban J connectivity index is 1.39. The van der Waals surface area contributed by atoms with E-state index in [2.05, 4.69) is 21.2 Å². The van der Waals surface area contributed by atoms with Gasteiger partial charge in [-0.1, -0.05) is 18.2 Å². The van der Waals surface area contributed by atoms with Crippen molar-refractivity contribution in [1.82, 2.24) is 10.7 Å². The summed E-state index contributed by atoms with van der Waals surface area (Å²) >= 11 is 0. The van der Waals surface area contributed by atoms with Gasteiger partial charge in [0.15, 0.2) is 6.61 Å². The van der Waals surface area contributed by atoms with Crippen molar-refractivity contribution in [2.75, 3.05) is 11.9 Å². The van der Waals surface area contributed by atoms with Crippen molar-refractivity contribution in [3.8, 4) is 5.75 Å². The van der Waals surface area contributed by atoms with E-state index in [4.69, 9.17) is 9.15 Å². The number of carbonyl (C=O) groups excluding carboxylic acids is 3. The molecule has 0 aliphatic carbocycles. The molecule has 0 bridgehead atoms. The van der Waals surface area contributed by atoms with Crippen LogP contribution in [0.2, 0.25) is 0 Å². The van der Waals surface area contributed by atoms with Crippen molar-refractivity contribution in [2.45, 2.75) is 6.54 Å². The fourth-order valence-corrected chi connectivity index (χ4v) is 2.39. The summed E-state index contributed by atoms with van der Waals surface area (Å²) in [6, 6.07) is 19.2. The largest absolute Gasteiger partial charge is 0.484 e. The number of nitrogens with zero attached hydrogens (tertiary/aromatic N) is 1. The maximum Gasteiger partial charge on any atom is 0.329 e. The molecule has 0 unspecified atom stereocenters. The summed E-state index contributed by atoms with van der Waals surface area (Å²) in [5, 5.41) is 8.88. The minimum Gasteiger partial charge on any atom is -0.484 e. The minimum atomic E-state index is -0.896. The number of nitrogens with one attached hydrogen (secondary N) is 3. The van der Waals surface area contributed by atoms with Gasteiger partial charge in [-0.05, 0) is 54.1 Å². The lowest BCUT2D eigenvalue weighted by molar-refractivity contribution is -0.139. The zero-order valence-electron chi connectivity index (χ0n) is 16.4. The van der Waals surface area contributed by atoms with Crippen LogP contribution in [-0.2, 0) is 20.9 Å². The van der Waals surface area contributed by atoms with E-state index in [9.17, 15) is 14.4 Å². The first-order valence-corrected chi connectivity index (χ1v) is 9.31. The highest BCUT2D eigenvalue weighted by Crippen LogP contribution is 2.11. The molecule has 0 aliphatic heterocycles. The van der Waals surface area contributed by atoms with Gasteiger partial charge in [0.05, 0.1) is 19.0 Å². The number of benzene rings is 2. The van der Waals surface area contributed by atoms with Gasteiger partial charge >= 0.3 is 11.8 Å². The van der Waals surface area contributed by atoms with Gasteiger partial charge in [-0.2, -0.15) is 5.10 Å². The van der Waals surface area contributed by atoms with E-state index in [0.717, 1.165) is 0 Å². The summed E-state index contributed by atoms with van der Waals surface area (Å²) in [4.78, 5) is 35.3. The highest BCUT2D eigenvalue weighted by molar-refractivity contribution is 6.35. The van der Waals surface area contributed by atoms with E-state index in [1.807, 2.05) is 18.2 Å². The topological polar surface area (TPSA) is 122 Å². The number of hydrogen-bond acceptors (Lipinski definition) is 6. The van der Waals surface area contributed by atoms with Crippen LogP contribution in [0.25, 0.3) is 0 Å². The summed E-state index contributed by atoms with van der Waals surface area (Å²) < 4.78 is 10.5. The first kappa shape index (κ1) is 21.3. The summed E-state index contributed by atoms with van der Waals surface area (Å²) in [6.45, 7) is -0.0285. The third-order valence-corrected chi connectivity index (χ3v) is 3.90. The van der Waals surface area contributed by atoms with Gasteiger partial charge in [-0.3, -0.25) is 14.4 Å². The maximum atomic E-state index is 11.9. The van der Waals surface area contributed by atoms with Crippen LogP contribution in [0.3, 0.4) is 0 Å². The quantitative estimate of drug-likeness (QED) is 0.293. The number of para-hydroxylation sites is 1. The lowest BCUT2D eigenvalue weighted by Crippen LogP contribution is -2.37. The van der Waals surface area contributed by atoms with Gasteiger partial charge in [0, 0.05) is 5.69 Å². The molecule has 1 aromatic heterocycles. The second-order valence-electron chi connectivity index (χ2n) is 6.23. The molecule has 9 heteroatoms. The van der Waals surface area contributed by atoms with Crippen LogP contribution in [0.1, 0.15) is 11.3 Å². The molecule has 3 amide bonds. The van der Waals surface area contributed by atoms with Crippen molar-refractivity contribution in [3.05, 3.63) is 84.3 Å². The molecule has 0 saturated carbocycles. The van der Waals surface area contributed by atoms with Crippen LogP contribution in [0.4, 0.5) is 5.69 Å². The van der Waals surface area contributed by atoms with Gasteiger partial charge in [0.1, 0.15) is 11.5 Å². The Hall–Kier alpha value is -4.40. The second-order valence-corrected chi connectivity index (χ2v) is 6.23. The molecule has 0 spiro atoms. The number of anilines is 1. The smallest absolute Gasteiger partial charge is 0.329 e. The molecule has 158 valence electrons. The molecular weight excluding hydrogens is 400 g/mol. The normalized spacial score (nSPS) is 10.5. The Bertz CT molecular complexity index is 1030. The molecule has 3 aromatic rings. The zero-order chi connectivity index (χ0) is 21.9. The first-order chi connectivity index (χ1) is 15.1. The van der Waals surface area contributed by atoms with Crippen LogP contribution in [0.15, 0.2) is 82.5 Å². The number of ether oxygens (including phenoxy) is 1. The summed E-state index contributed by atoms with van der Waals surface area (Å²) in [6.07, 6.45) is 2.85. The van der Waals surface area contributed by atoms with E-state index in [0.29, 0.717) is 22.8 Å². The number of amides is 3. The highest BCUT2D eigenvalue weighted by Gasteiger charge is 2.12. The van der Waals surface area contributed by atoms with E-state index >= 15 is 0 Å². The van der Waals surface area contributed by atoms with Gasteiger partial charge in [0.2, 0.25) is 0 Å². The average molecular weight is 420 g/mol. The Kier molecular flexibility index (Phi) is 7.53. The molecular formula is C22H20N4O5. The molecule has 2 aromatic carbocycles. The lowest BCUT2D eigenvalue weighted by Gasteiger charge is -2.07. The van der Waals surface area contributed by atoms with Gasteiger partial charge in [0.25, 0.3) is 5.91 Å². The number of rotatable bonds is 8. The molecule has 0 fully saturated rings. The monoisotopic (exact) mass is 420 g/mol. The molecule has 0 atom stereocenters. The summed E-state index contributed by atoms with van der Waals surface area (Å²) in [7, 11) is 0. The van der Waals surface area contributed by atoms with Gasteiger partial charge in [-0.15, -0.1) is 0 Å². The van der Waals surface area contributed by atoms with E-state index in [1.165, 1.54) is 12.5 Å². The first-order valence-electron chi connectivity index (χ1n) is 9.31. The maximum absolute atomic E-state index is 11.9. The highest BCUT2D eigenvalue weighted by atomic mass is 16.5. The van der Waals surface area contributed by atoms with E-state index < -0.39 is 11.8 Å². The zero-order valence-corrected chi connectivity index (χ0v) is 16.4. The molecule has 3 N–H and O–H groups in total. The summed E-state index contributed by atoms with van der Waals surface area (Å²) in [5.74, 6) is -0.964. The minimum absolute atomic E-state index is 0.105. The predicted octanol–water partition coefficient (Wildman–Crippen LogP) is 2.06. The Labute approximate surface area is 178 Å². The van der Waals surface area contributed by atoms with Crippen molar-refractivity contribution in [3.63, 3.8) is 0 Å². The van der Waals surface area contributed by atoms with Crippen molar-refractivity contribution >= 4 is 29.6 Å². The third-order valence-electron chi connectivity index (χ3n) is 3.90. The van der Waals surface area contributed by atoms with Gasteiger partial charge < -0.3 is 19.8 Å². The van der Waals surface area contributed by atoms with Crippen LogP contribution in [0, 0.1) is 0 Å². The number of hydrogen-bond donors (Lipinski definition) is 3. The molecule has 0 aliphatic rings. The molecule has 31 heavy (non-hydrogen) atoms. The molecule has 3 rings (SSSR count). The molecule has 1 heterocycles. The van der Waals surface area contributed by atoms with Crippen molar-refractivity contribution in [1.29, 1.82) is 0 Å². The van der Waals surface area contributed by atoms with Crippen molar-refractivity contribution in [2.24, 2.45) is 5.10 Å². The van der Waals surface area contributed by atoms with E-state index in [-0.39, 0.29) is 19.1 Å². The molecule has 0 radical (unpaired) electrons. The van der Waals surface area contributed by atoms with Crippen LogP contribution in [-0.4, -0.2) is 30.5 Å². The standard InChI is InChI=1S/C22H20N4O5/c27-20(25-17-5-2-1-3-6-17)15-31-18-10-8-16(9-11-18)13-24-26-22(29)21(28)23-14-19-7-4-12-30-19/h1-13H,14-15H2,(H,23,28)(H,25,27)(H,26,29)/b24-13-. The molecule has 0 saturated heterocycles. The SMILES string of the molecule is O=C(COc1ccc(/C=N\NC(=O)C(=O)NCc2ccco2)cc1)Nc1ccccc1. The molecule has 9 nitrogen and oxygen atoms in total. The Morgan fingerprint density at radius 2 is 1.71 bits per heavy atom. The number of hydrazone groups is 1. The third kappa shape index (κ3) is 7.17. The predicted molar refractivity (Wildman–Crippen MR) is 113 cm³/mol. The fraction of sp³-hybridized carbons (Fsp3) is 0.0909. The van der Waals surface area contributed by atoms with Gasteiger partial charge in [-0.25, -0.2) is 5.43 Å². The van der Waals surface area contributed by atoms with Crippen LogP contribution >= 0.6 is 0 Å². The Morgan fingerprint density at radius 1 is 0.935 bits per heavy atom. The number of furan rings is 1. The van der Waals surface area contributed by atoms with Crippen LogP contribution < -0.4 is 20.8 Å². The Morgan fingerprint density at radius 3 is 2.42 bits per heavy atom. The lowest BCUT2D eigenvalue weighted by atomic mass is 10.2. The second kappa shape index (κ2) is 11.0. The summed E-state index contributed by atoms with van der Waals surface area (Å²) in [5.41, 5.74) is 3.50. The average Bonchev–Trinajstić information content (AvgIpc) is 3.31. The number of carbonyl (C=O) groups is 3. The van der Waals surface area contributed by atoms with Crippen LogP contribution in [0.5, 0.6) is 5.75 Å². The van der Waals surface area contributed by atoms with Crippen molar-refractivity contribution < 1.29 is 23.5 Å². The van der Waals surface area contributed by atoms with E-state index in [1.54, 1.807) is 48.5 Å².